The van der Waals surface area contributed by atoms with Gasteiger partial charge in [0.2, 0.25) is 0 Å². The van der Waals surface area contributed by atoms with Crippen LogP contribution in [0.4, 0.5) is 10.5 Å². The van der Waals surface area contributed by atoms with Crippen LogP contribution < -0.4 is 10.1 Å². The molecule has 1 amide bonds. The molecule has 0 spiro atoms. The summed E-state index contributed by atoms with van der Waals surface area (Å²) in [7, 11) is 1.57. The number of benzene rings is 1. The molecule has 0 bridgehead atoms. The van der Waals surface area contributed by atoms with E-state index in [0.717, 1.165) is 16.9 Å². The summed E-state index contributed by atoms with van der Waals surface area (Å²) < 4.78 is 15.6. The summed E-state index contributed by atoms with van der Waals surface area (Å²) in [5.74, 6) is 0.860. The van der Waals surface area contributed by atoms with Gasteiger partial charge in [0.1, 0.15) is 11.9 Å². The van der Waals surface area contributed by atoms with Gasteiger partial charge >= 0.3 is 6.09 Å². The number of carbonyl (C=O) groups is 1. The van der Waals surface area contributed by atoms with E-state index in [9.17, 15) is 4.79 Å². The van der Waals surface area contributed by atoms with Crippen molar-refractivity contribution in [1.82, 2.24) is 0 Å². The summed E-state index contributed by atoms with van der Waals surface area (Å²) in [6, 6.07) is 3.72. The second kappa shape index (κ2) is 7.75. The quantitative estimate of drug-likeness (QED) is 0.869. The van der Waals surface area contributed by atoms with Gasteiger partial charge in [-0.1, -0.05) is 0 Å². The van der Waals surface area contributed by atoms with Gasteiger partial charge in [-0.2, -0.15) is 0 Å². The molecule has 0 heterocycles. The lowest BCUT2D eigenvalue weighted by Gasteiger charge is -2.15. The highest BCUT2D eigenvalue weighted by Gasteiger charge is 2.11. The number of nitrogens with one attached hydrogen (secondary N) is 1. The predicted molar refractivity (Wildman–Crippen MR) is 78.5 cm³/mol. The van der Waals surface area contributed by atoms with Crippen molar-refractivity contribution in [3.05, 3.63) is 23.3 Å². The van der Waals surface area contributed by atoms with Crippen LogP contribution in [0.3, 0.4) is 0 Å². The lowest BCUT2D eigenvalue weighted by atomic mass is 10.1. The Morgan fingerprint density at radius 1 is 1.30 bits per heavy atom. The standard InChI is InChI=1S/C15H23NO4/c1-6-19-14-10(2)7-13(8-11(14)3)16-15(17)20-12(4)9-18-5/h7-8,12H,6,9H2,1-5H3,(H,16,17). The van der Waals surface area contributed by atoms with E-state index in [1.165, 1.54) is 0 Å². The van der Waals surface area contributed by atoms with Crippen LogP contribution in [0, 0.1) is 13.8 Å². The van der Waals surface area contributed by atoms with Crippen molar-refractivity contribution in [1.29, 1.82) is 0 Å². The fourth-order valence-electron chi connectivity index (χ4n) is 1.99. The Kier molecular flexibility index (Phi) is 6.31. The summed E-state index contributed by atoms with van der Waals surface area (Å²) in [6.07, 6.45) is -0.776. The average Bonchev–Trinajstić information content (AvgIpc) is 2.33. The topological polar surface area (TPSA) is 56.8 Å². The molecule has 1 atom stereocenters. The molecule has 0 radical (unpaired) electrons. The Morgan fingerprint density at radius 3 is 2.40 bits per heavy atom. The number of anilines is 1. The van der Waals surface area contributed by atoms with Crippen molar-refractivity contribution in [2.24, 2.45) is 0 Å². The lowest BCUT2D eigenvalue weighted by molar-refractivity contribution is 0.0564. The number of amides is 1. The smallest absolute Gasteiger partial charge is 0.411 e. The Hall–Kier alpha value is -1.75. The van der Waals surface area contributed by atoms with Crippen molar-refractivity contribution in [3.63, 3.8) is 0 Å². The Bertz CT molecular complexity index is 436. The maximum atomic E-state index is 11.7. The van der Waals surface area contributed by atoms with Crippen LogP contribution in [0.25, 0.3) is 0 Å². The molecule has 0 aliphatic carbocycles. The Labute approximate surface area is 120 Å². The second-order valence-corrected chi connectivity index (χ2v) is 4.67. The van der Waals surface area contributed by atoms with Crippen LogP contribution in [-0.2, 0) is 9.47 Å². The first-order valence-corrected chi connectivity index (χ1v) is 6.68. The molecule has 1 aromatic rings. The van der Waals surface area contributed by atoms with Crippen molar-refractivity contribution < 1.29 is 19.0 Å². The van der Waals surface area contributed by atoms with E-state index in [-0.39, 0.29) is 6.10 Å². The van der Waals surface area contributed by atoms with E-state index in [4.69, 9.17) is 14.2 Å². The van der Waals surface area contributed by atoms with Crippen LogP contribution in [0.15, 0.2) is 12.1 Å². The molecule has 112 valence electrons. The summed E-state index contributed by atoms with van der Waals surface area (Å²) >= 11 is 0. The second-order valence-electron chi connectivity index (χ2n) is 4.67. The highest BCUT2D eigenvalue weighted by atomic mass is 16.6. The van der Waals surface area contributed by atoms with E-state index in [0.29, 0.717) is 18.9 Å². The third-order valence-corrected chi connectivity index (χ3v) is 2.71. The van der Waals surface area contributed by atoms with Crippen LogP contribution in [0.1, 0.15) is 25.0 Å². The number of carbonyl (C=O) groups excluding carboxylic acids is 1. The molecule has 1 N–H and O–H groups in total. The minimum absolute atomic E-state index is 0.287. The molecule has 5 nitrogen and oxygen atoms in total. The highest BCUT2D eigenvalue weighted by molar-refractivity contribution is 5.85. The van der Waals surface area contributed by atoms with Gasteiger partial charge in [0.25, 0.3) is 0 Å². The molecule has 0 saturated heterocycles. The fourth-order valence-corrected chi connectivity index (χ4v) is 1.99. The van der Waals surface area contributed by atoms with Crippen molar-refractivity contribution in [3.8, 4) is 5.75 Å². The Balaban J connectivity index is 2.71. The molecule has 0 aromatic heterocycles. The van der Waals surface area contributed by atoms with Gasteiger partial charge in [-0.25, -0.2) is 4.79 Å². The molecule has 0 aliphatic heterocycles. The molecule has 20 heavy (non-hydrogen) atoms. The number of methoxy groups -OCH3 is 1. The first-order valence-electron chi connectivity index (χ1n) is 6.68. The normalized spacial score (nSPS) is 11.8. The van der Waals surface area contributed by atoms with E-state index in [1.54, 1.807) is 14.0 Å². The molecule has 0 fully saturated rings. The molecule has 1 aromatic carbocycles. The summed E-state index contributed by atoms with van der Waals surface area (Å²) in [5, 5.41) is 2.71. The third kappa shape index (κ3) is 4.74. The zero-order chi connectivity index (χ0) is 15.1. The third-order valence-electron chi connectivity index (χ3n) is 2.71. The van der Waals surface area contributed by atoms with Crippen LogP contribution in [-0.4, -0.2) is 32.5 Å². The van der Waals surface area contributed by atoms with Crippen molar-refractivity contribution in [2.75, 3.05) is 25.6 Å². The zero-order valence-electron chi connectivity index (χ0n) is 12.8. The first-order chi connectivity index (χ1) is 9.47. The molecule has 1 unspecified atom stereocenters. The molecular weight excluding hydrogens is 258 g/mol. The van der Waals surface area contributed by atoms with E-state index >= 15 is 0 Å². The van der Waals surface area contributed by atoms with Crippen molar-refractivity contribution in [2.45, 2.75) is 33.8 Å². The van der Waals surface area contributed by atoms with Crippen LogP contribution in [0.5, 0.6) is 5.75 Å². The summed E-state index contributed by atoms with van der Waals surface area (Å²) in [5.41, 5.74) is 2.65. The average molecular weight is 281 g/mol. The van der Waals surface area contributed by atoms with Gasteiger partial charge in [0.15, 0.2) is 0 Å². The van der Waals surface area contributed by atoms with E-state index in [2.05, 4.69) is 5.32 Å². The van der Waals surface area contributed by atoms with Crippen LogP contribution in [0.2, 0.25) is 0 Å². The SMILES string of the molecule is CCOc1c(C)cc(NC(=O)OC(C)COC)cc1C. The number of aryl methyl sites for hydroxylation is 2. The molecular formula is C15H23NO4. The largest absolute Gasteiger partial charge is 0.493 e. The molecule has 1 rings (SSSR count). The number of rotatable bonds is 6. The number of hydrogen-bond acceptors (Lipinski definition) is 4. The molecule has 0 aliphatic rings. The van der Waals surface area contributed by atoms with Gasteiger partial charge in [0.05, 0.1) is 13.2 Å². The minimum atomic E-state index is -0.488. The monoisotopic (exact) mass is 281 g/mol. The zero-order valence-corrected chi connectivity index (χ0v) is 12.8. The fraction of sp³-hybridized carbons (Fsp3) is 0.533. The van der Waals surface area contributed by atoms with Crippen molar-refractivity contribution >= 4 is 11.8 Å². The van der Waals surface area contributed by atoms with Gasteiger partial charge < -0.3 is 14.2 Å². The number of ether oxygens (including phenoxy) is 3. The minimum Gasteiger partial charge on any atom is -0.493 e. The molecule has 5 heteroatoms. The molecule has 0 saturated carbocycles. The summed E-state index contributed by atoms with van der Waals surface area (Å²) in [4.78, 5) is 11.7. The summed E-state index contributed by atoms with van der Waals surface area (Å²) in [6.45, 7) is 8.60. The van der Waals surface area contributed by atoms with Gasteiger partial charge in [-0.15, -0.1) is 0 Å². The van der Waals surface area contributed by atoms with Gasteiger partial charge in [0, 0.05) is 12.8 Å². The first kappa shape index (κ1) is 16.3. The predicted octanol–water partition coefficient (Wildman–Crippen LogP) is 3.29. The van der Waals surface area contributed by atoms with Gasteiger partial charge in [-0.3, -0.25) is 5.32 Å². The lowest BCUT2D eigenvalue weighted by Crippen LogP contribution is -2.23. The van der Waals surface area contributed by atoms with Gasteiger partial charge in [-0.05, 0) is 51.0 Å². The maximum absolute atomic E-state index is 11.7. The van der Waals surface area contributed by atoms with Crippen LogP contribution >= 0.6 is 0 Å². The maximum Gasteiger partial charge on any atom is 0.411 e. The highest BCUT2D eigenvalue weighted by Crippen LogP contribution is 2.27. The van der Waals surface area contributed by atoms with E-state index < -0.39 is 6.09 Å². The van der Waals surface area contributed by atoms with E-state index in [1.807, 2.05) is 32.9 Å². The Morgan fingerprint density at radius 2 is 1.90 bits per heavy atom. The number of hydrogen-bond donors (Lipinski definition) is 1.